The van der Waals surface area contributed by atoms with Crippen LogP contribution in [0.4, 0.5) is 0 Å². The Labute approximate surface area is 237 Å². The van der Waals surface area contributed by atoms with Crippen molar-refractivity contribution < 1.29 is 52.4 Å². The minimum absolute atomic E-state index is 0.204. The molecule has 1 unspecified atom stereocenters. The van der Waals surface area contributed by atoms with Gasteiger partial charge >= 0.3 is 29.8 Å². The topological polar surface area (TPSA) is 141 Å². The summed E-state index contributed by atoms with van der Waals surface area (Å²) in [6.45, 7) is 16.4. The van der Waals surface area contributed by atoms with Crippen LogP contribution in [0.3, 0.4) is 0 Å². The zero-order valence-corrected chi connectivity index (χ0v) is 24.1. The number of esters is 5. The van der Waals surface area contributed by atoms with Gasteiger partial charge in [-0.05, 0) is 25.3 Å². The molecule has 3 heterocycles. The van der Waals surface area contributed by atoms with Crippen LogP contribution in [0.25, 0.3) is 0 Å². The molecule has 2 bridgehead atoms. The number of hydrogen-bond acceptors (Lipinski definition) is 11. The van der Waals surface area contributed by atoms with E-state index in [4.69, 9.17) is 40.0 Å². The normalized spacial score (nSPS) is 42.3. The van der Waals surface area contributed by atoms with Crippen LogP contribution in [0, 0.1) is 17.3 Å². The molecule has 4 fully saturated rings. The second-order valence-electron chi connectivity index (χ2n) is 11.2. The van der Waals surface area contributed by atoms with Crippen LogP contribution in [0.2, 0.25) is 0 Å². The van der Waals surface area contributed by atoms with Gasteiger partial charge in [0.2, 0.25) is 0 Å². The highest BCUT2D eigenvalue weighted by Crippen LogP contribution is 2.61. The quantitative estimate of drug-likeness (QED) is 0.209. The molecule has 40 heavy (non-hydrogen) atoms. The highest BCUT2D eigenvalue weighted by atomic mass is 35.5. The first-order valence-electron chi connectivity index (χ1n) is 13.1. The van der Waals surface area contributed by atoms with Crippen molar-refractivity contribution in [2.75, 3.05) is 0 Å². The summed E-state index contributed by atoms with van der Waals surface area (Å²) < 4.78 is 36.0. The largest absolute Gasteiger partial charge is 0.462 e. The molecular weight excluding hydrogens is 548 g/mol. The lowest BCUT2D eigenvalue weighted by atomic mass is 9.53. The molecule has 0 radical (unpaired) electrons. The maximum absolute atomic E-state index is 13.1. The predicted molar refractivity (Wildman–Crippen MR) is 138 cm³/mol. The van der Waals surface area contributed by atoms with E-state index in [1.165, 1.54) is 27.7 Å². The fourth-order valence-electron chi connectivity index (χ4n) is 7.12. The van der Waals surface area contributed by atoms with E-state index in [1.54, 1.807) is 13.8 Å². The average Bonchev–Trinajstić information content (AvgIpc) is 3.09. The second kappa shape index (κ2) is 10.5. The standard InChI is InChI=1S/C28H35ClO11/c1-11-9-10-18(35-14(4)30)27(8)19(11)23(37-16(6)32)28-13(3)26(34)39-24(28)20(29)12(2)21(40-28)22(36-15(5)31)25(27)38-17(7)33/h13,18-25H,1-2,9-10H2,3-8H3/t13?,18-,19+,20-,21-,22-,23-,24-,25-,27-,28+/m0/s1. The van der Waals surface area contributed by atoms with Gasteiger partial charge in [-0.3, -0.25) is 24.0 Å². The number of fused-ring (bicyclic) bond motifs is 2. The van der Waals surface area contributed by atoms with Crippen LogP contribution >= 0.6 is 11.6 Å². The molecule has 4 aliphatic rings. The summed E-state index contributed by atoms with van der Waals surface area (Å²) in [4.78, 5) is 63.2. The van der Waals surface area contributed by atoms with Gasteiger partial charge in [-0.1, -0.05) is 25.7 Å². The van der Waals surface area contributed by atoms with Crippen molar-refractivity contribution >= 4 is 41.4 Å². The van der Waals surface area contributed by atoms with Crippen molar-refractivity contribution in [2.24, 2.45) is 17.3 Å². The molecule has 0 aromatic rings. The third kappa shape index (κ3) is 4.51. The van der Waals surface area contributed by atoms with Crippen LogP contribution in [0.15, 0.2) is 24.3 Å². The maximum atomic E-state index is 13.1. The van der Waals surface area contributed by atoms with Gasteiger partial charge in [0.1, 0.15) is 18.3 Å². The summed E-state index contributed by atoms with van der Waals surface area (Å²) >= 11 is 6.89. The summed E-state index contributed by atoms with van der Waals surface area (Å²) in [6.07, 6.45) is -6.58. The molecule has 11 atom stereocenters. The fourth-order valence-corrected chi connectivity index (χ4v) is 7.49. The minimum Gasteiger partial charge on any atom is -0.462 e. The van der Waals surface area contributed by atoms with Crippen molar-refractivity contribution in [3.63, 3.8) is 0 Å². The van der Waals surface area contributed by atoms with Crippen molar-refractivity contribution in [3.05, 3.63) is 24.3 Å². The molecule has 3 saturated heterocycles. The molecule has 12 heteroatoms. The molecule has 11 nitrogen and oxygen atoms in total. The van der Waals surface area contributed by atoms with E-state index >= 15 is 0 Å². The molecule has 0 N–H and O–H groups in total. The summed E-state index contributed by atoms with van der Waals surface area (Å²) in [7, 11) is 0. The Morgan fingerprint density at radius 1 is 0.925 bits per heavy atom. The number of carbonyl (C=O) groups is 5. The van der Waals surface area contributed by atoms with Gasteiger partial charge < -0.3 is 28.4 Å². The van der Waals surface area contributed by atoms with Gasteiger partial charge in [-0.15, -0.1) is 11.6 Å². The Hall–Kier alpha value is -2.92. The zero-order valence-electron chi connectivity index (χ0n) is 23.4. The third-order valence-electron chi connectivity index (χ3n) is 8.72. The lowest BCUT2D eigenvalue weighted by Crippen LogP contribution is -2.75. The molecule has 1 aliphatic carbocycles. The molecule has 0 aromatic heterocycles. The first-order chi connectivity index (χ1) is 18.6. The number of hydrogen-bond donors (Lipinski definition) is 0. The Morgan fingerprint density at radius 3 is 2.02 bits per heavy atom. The Bertz CT molecular complexity index is 1160. The number of rotatable bonds is 4. The molecule has 1 spiro atoms. The van der Waals surface area contributed by atoms with E-state index in [9.17, 15) is 24.0 Å². The van der Waals surface area contributed by atoms with Crippen molar-refractivity contribution in [2.45, 2.75) is 102 Å². The molecule has 0 amide bonds. The van der Waals surface area contributed by atoms with Crippen molar-refractivity contribution in [1.29, 1.82) is 0 Å². The van der Waals surface area contributed by atoms with E-state index < -0.39 is 94.7 Å². The first-order valence-corrected chi connectivity index (χ1v) is 13.6. The molecule has 4 rings (SSSR count). The first kappa shape index (κ1) is 30.0. The van der Waals surface area contributed by atoms with Gasteiger partial charge in [0.15, 0.2) is 23.9 Å². The van der Waals surface area contributed by atoms with Crippen LogP contribution in [-0.2, 0) is 52.4 Å². The van der Waals surface area contributed by atoms with E-state index in [2.05, 4.69) is 13.2 Å². The van der Waals surface area contributed by atoms with E-state index in [0.717, 1.165) is 0 Å². The molecule has 220 valence electrons. The minimum atomic E-state index is -1.69. The van der Waals surface area contributed by atoms with E-state index in [-0.39, 0.29) is 12.0 Å². The number of halogens is 1. The van der Waals surface area contributed by atoms with Gasteiger partial charge in [0.05, 0.1) is 16.7 Å². The predicted octanol–water partition coefficient (Wildman–Crippen LogP) is 2.56. The smallest absolute Gasteiger partial charge is 0.312 e. The lowest BCUT2D eigenvalue weighted by Gasteiger charge is -2.61. The van der Waals surface area contributed by atoms with Gasteiger partial charge in [0.25, 0.3) is 0 Å². The molecule has 1 saturated carbocycles. The summed E-state index contributed by atoms with van der Waals surface area (Å²) in [5.41, 5.74) is -2.33. The fraction of sp³-hybridized carbons (Fsp3) is 0.679. The maximum Gasteiger partial charge on any atom is 0.312 e. The number of carbonyl (C=O) groups excluding carboxylic acids is 5. The van der Waals surface area contributed by atoms with Crippen molar-refractivity contribution in [1.82, 2.24) is 0 Å². The van der Waals surface area contributed by atoms with Crippen LogP contribution in [0.1, 0.15) is 54.4 Å². The Balaban J connectivity index is 2.11. The Kier molecular flexibility index (Phi) is 7.87. The summed E-state index contributed by atoms with van der Waals surface area (Å²) in [5, 5.41) is -1.05. The average molecular weight is 583 g/mol. The van der Waals surface area contributed by atoms with Crippen LogP contribution < -0.4 is 0 Å². The van der Waals surface area contributed by atoms with E-state index in [0.29, 0.717) is 12.0 Å². The highest BCUT2D eigenvalue weighted by molar-refractivity contribution is 6.23. The van der Waals surface area contributed by atoms with Crippen LogP contribution in [0.5, 0.6) is 0 Å². The Morgan fingerprint density at radius 2 is 1.48 bits per heavy atom. The van der Waals surface area contributed by atoms with Crippen molar-refractivity contribution in [3.8, 4) is 0 Å². The third-order valence-corrected chi connectivity index (χ3v) is 9.23. The van der Waals surface area contributed by atoms with Gasteiger partial charge in [0, 0.05) is 33.6 Å². The summed E-state index contributed by atoms with van der Waals surface area (Å²) in [5.74, 6) is -5.30. The van der Waals surface area contributed by atoms with Gasteiger partial charge in [-0.2, -0.15) is 0 Å². The lowest BCUT2D eigenvalue weighted by molar-refractivity contribution is -0.294. The summed E-state index contributed by atoms with van der Waals surface area (Å²) in [6, 6.07) is 0. The van der Waals surface area contributed by atoms with Gasteiger partial charge in [-0.25, -0.2) is 0 Å². The highest BCUT2D eigenvalue weighted by Gasteiger charge is 2.75. The zero-order chi connectivity index (χ0) is 29.9. The van der Waals surface area contributed by atoms with E-state index in [1.807, 2.05) is 0 Å². The number of ether oxygens (including phenoxy) is 6. The molecule has 3 aliphatic heterocycles. The van der Waals surface area contributed by atoms with Crippen LogP contribution in [-0.4, -0.2) is 77.4 Å². The SMILES string of the molecule is C=C1CC[C@H](OC(C)=O)[C@@]2(C)[C@H]1[C@H](OC(C)=O)[C@@]13O[C@@H](C(=C)[C@H](Cl)[C@@H]1OC(=O)C3C)[C@H](OC(C)=O)[C@@H]2OC(C)=O. The monoisotopic (exact) mass is 582 g/mol. The number of alkyl halides is 1. The second-order valence-corrected chi connectivity index (χ2v) is 11.7. The molecule has 0 aromatic carbocycles. The molecular formula is C28H35ClO11.